The van der Waals surface area contributed by atoms with Crippen LogP contribution in [0.4, 0.5) is 5.82 Å². The van der Waals surface area contributed by atoms with E-state index in [1.54, 1.807) is 0 Å². The zero-order valence-corrected chi connectivity index (χ0v) is 9.95. The molecule has 2 aromatic rings. The highest BCUT2D eigenvalue weighted by Crippen LogP contribution is 2.30. The van der Waals surface area contributed by atoms with Gasteiger partial charge in [-0.2, -0.15) is 0 Å². The first-order valence-electron chi connectivity index (χ1n) is 6.15. The zero-order chi connectivity index (χ0) is 12.5. The molecule has 0 aliphatic carbocycles. The fourth-order valence-electron chi connectivity index (χ4n) is 2.66. The molecule has 1 aliphatic rings. The molecule has 0 saturated carbocycles. The van der Waals surface area contributed by atoms with Crippen molar-refractivity contribution in [3.8, 4) is 0 Å². The lowest BCUT2D eigenvalue weighted by Gasteiger charge is -2.28. The van der Waals surface area contributed by atoms with Crippen LogP contribution in [0.15, 0.2) is 18.6 Å². The molecule has 0 radical (unpaired) electrons. The minimum atomic E-state index is -0.726. The van der Waals surface area contributed by atoms with E-state index in [4.69, 9.17) is 5.11 Å². The van der Waals surface area contributed by atoms with Crippen molar-refractivity contribution < 1.29 is 10.2 Å². The van der Waals surface area contributed by atoms with Gasteiger partial charge in [-0.25, -0.2) is 9.97 Å². The summed E-state index contributed by atoms with van der Waals surface area (Å²) in [7, 11) is 0. The van der Waals surface area contributed by atoms with Crippen LogP contribution in [0.25, 0.3) is 11.0 Å². The highest BCUT2D eigenvalue weighted by molar-refractivity contribution is 5.87. The summed E-state index contributed by atoms with van der Waals surface area (Å²) in [4.78, 5) is 13.6. The van der Waals surface area contributed by atoms with E-state index >= 15 is 0 Å². The third-order valence-corrected chi connectivity index (χ3v) is 3.54. The molecule has 3 N–H and O–H groups in total. The van der Waals surface area contributed by atoms with E-state index in [-0.39, 0.29) is 12.6 Å². The molecule has 2 aromatic heterocycles. The fraction of sp³-hybridized carbons (Fsp3) is 0.500. The number of aliphatic hydroxyl groups excluding tert-OH is 2. The van der Waals surface area contributed by atoms with Crippen molar-refractivity contribution in [2.45, 2.75) is 25.0 Å². The Labute approximate surface area is 104 Å². The maximum Gasteiger partial charge on any atom is 0.142 e. The summed E-state index contributed by atoms with van der Waals surface area (Å²) in [6.45, 7) is 0.627. The summed E-state index contributed by atoms with van der Waals surface area (Å²) in [6, 6.07) is 1.87. The Kier molecular flexibility index (Phi) is 2.89. The number of aliphatic hydroxyl groups is 2. The molecule has 6 nitrogen and oxygen atoms in total. The molecule has 0 aromatic carbocycles. The summed E-state index contributed by atoms with van der Waals surface area (Å²) >= 11 is 0. The van der Waals surface area contributed by atoms with Gasteiger partial charge in [0.25, 0.3) is 0 Å². The molecule has 3 rings (SSSR count). The zero-order valence-electron chi connectivity index (χ0n) is 9.95. The van der Waals surface area contributed by atoms with Crippen molar-refractivity contribution in [3.63, 3.8) is 0 Å². The highest BCUT2D eigenvalue weighted by atomic mass is 16.3. The lowest BCUT2D eigenvalue weighted by atomic mass is 10.1. The van der Waals surface area contributed by atoms with Gasteiger partial charge in [-0.3, -0.25) is 0 Å². The Morgan fingerprint density at radius 3 is 3.22 bits per heavy atom. The van der Waals surface area contributed by atoms with Crippen LogP contribution < -0.4 is 4.90 Å². The molecule has 96 valence electrons. The first kappa shape index (κ1) is 11.4. The molecule has 0 amide bonds. The summed E-state index contributed by atoms with van der Waals surface area (Å²) < 4.78 is 0. The summed E-state index contributed by atoms with van der Waals surface area (Å²) in [5.41, 5.74) is 0.795. The monoisotopic (exact) mass is 248 g/mol. The van der Waals surface area contributed by atoms with Crippen LogP contribution >= 0.6 is 0 Å². The number of rotatable bonds is 3. The second-order valence-corrected chi connectivity index (χ2v) is 4.59. The Morgan fingerprint density at radius 2 is 2.39 bits per heavy atom. The fourth-order valence-corrected chi connectivity index (χ4v) is 2.66. The number of aromatic nitrogens is 3. The summed E-state index contributed by atoms with van der Waals surface area (Å²) in [5.74, 6) is 0.830. The number of hydrogen-bond donors (Lipinski definition) is 3. The molecule has 1 fully saturated rings. The number of nitrogens with one attached hydrogen (secondary N) is 1. The molecular formula is C12H16N4O2. The average Bonchev–Trinajstić information content (AvgIpc) is 3.05. The first-order chi connectivity index (χ1) is 8.81. The van der Waals surface area contributed by atoms with Gasteiger partial charge in [0.15, 0.2) is 0 Å². The molecule has 6 heteroatoms. The van der Waals surface area contributed by atoms with E-state index in [0.717, 1.165) is 36.2 Å². The number of anilines is 1. The molecule has 0 spiro atoms. The minimum Gasteiger partial charge on any atom is -0.394 e. The number of nitrogens with zero attached hydrogens (tertiary/aromatic N) is 3. The second-order valence-electron chi connectivity index (χ2n) is 4.59. The van der Waals surface area contributed by atoms with Gasteiger partial charge in [0, 0.05) is 12.7 Å². The topological polar surface area (TPSA) is 85.3 Å². The van der Waals surface area contributed by atoms with Crippen LogP contribution in [0.2, 0.25) is 0 Å². The Bertz CT molecular complexity index is 542. The van der Waals surface area contributed by atoms with Crippen molar-refractivity contribution in [1.29, 1.82) is 0 Å². The number of aromatic amines is 1. The van der Waals surface area contributed by atoms with Gasteiger partial charge in [0.2, 0.25) is 0 Å². The van der Waals surface area contributed by atoms with Gasteiger partial charge in [-0.1, -0.05) is 0 Å². The van der Waals surface area contributed by atoms with Crippen LogP contribution in [0, 0.1) is 0 Å². The van der Waals surface area contributed by atoms with E-state index in [1.807, 2.05) is 12.3 Å². The largest absolute Gasteiger partial charge is 0.394 e. The van der Waals surface area contributed by atoms with E-state index in [2.05, 4.69) is 19.9 Å². The molecule has 2 atom stereocenters. The normalized spacial score (nSPS) is 21.7. The maximum atomic E-state index is 9.87. The Morgan fingerprint density at radius 1 is 1.50 bits per heavy atom. The van der Waals surface area contributed by atoms with Crippen molar-refractivity contribution in [2.24, 2.45) is 0 Å². The van der Waals surface area contributed by atoms with Gasteiger partial charge in [-0.15, -0.1) is 0 Å². The Hall–Kier alpha value is -1.66. The molecular weight excluding hydrogens is 232 g/mol. The summed E-state index contributed by atoms with van der Waals surface area (Å²) in [5, 5.41) is 19.9. The van der Waals surface area contributed by atoms with Gasteiger partial charge in [0.1, 0.15) is 17.8 Å². The predicted molar refractivity (Wildman–Crippen MR) is 67.3 cm³/mol. The minimum absolute atomic E-state index is 0.0667. The molecule has 3 heterocycles. The SMILES string of the molecule is OC[C@H](O)[C@H]1CCCN1c1ncnc2[nH]ccc12. The molecule has 0 bridgehead atoms. The second kappa shape index (κ2) is 4.55. The van der Waals surface area contributed by atoms with Crippen molar-refractivity contribution in [2.75, 3.05) is 18.1 Å². The van der Waals surface area contributed by atoms with Gasteiger partial charge < -0.3 is 20.1 Å². The molecule has 0 unspecified atom stereocenters. The average molecular weight is 248 g/mol. The third kappa shape index (κ3) is 1.74. The number of H-pyrrole nitrogens is 1. The molecule has 1 aliphatic heterocycles. The first-order valence-corrected chi connectivity index (χ1v) is 6.15. The molecule has 1 saturated heterocycles. The van der Waals surface area contributed by atoms with Gasteiger partial charge >= 0.3 is 0 Å². The van der Waals surface area contributed by atoms with E-state index < -0.39 is 6.10 Å². The number of hydrogen-bond acceptors (Lipinski definition) is 5. The third-order valence-electron chi connectivity index (χ3n) is 3.54. The number of fused-ring (bicyclic) bond motifs is 1. The van der Waals surface area contributed by atoms with Crippen LogP contribution in [0.5, 0.6) is 0 Å². The molecule has 18 heavy (non-hydrogen) atoms. The predicted octanol–water partition coefficient (Wildman–Crippen LogP) is 0.280. The van der Waals surface area contributed by atoms with Crippen LogP contribution in [-0.2, 0) is 0 Å². The lowest BCUT2D eigenvalue weighted by molar-refractivity contribution is 0.0751. The van der Waals surface area contributed by atoms with Gasteiger partial charge in [0.05, 0.1) is 24.1 Å². The lowest BCUT2D eigenvalue weighted by Crippen LogP contribution is -2.41. The quantitative estimate of drug-likeness (QED) is 0.726. The summed E-state index contributed by atoms with van der Waals surface area (Å²) in [6.07, 6.45) is 4.50. The van der Waals surface area contributed by atoms with Crippen molar-refractivity contribution in [1.82, 2.24) is 15.0 Å². The maximum absolute atomic E-state index is 9.87. The van der Waals surface area contributed by atoms with E-state index in [1.165, 1.54) is 6.33 Å². The van der Waals surface area contributed by atoms with E-state index in [9.17, 15) is 5.11 Å². The smallest absolute Gasteiger partial charge is 0.142 e. The van der Waals surface area contributed by atoms with Crippen molar-refractivity contribution in [3.05, 3.63) is 18.6 Å². The van der Waals surface area contributed by atoms with Crippen LogP contribution in [0.3, 0.4) is 0 Å². The highest BCUT2D eigenvalue weighted by Gasteiger charge is 2.32. The Balaban J connectivity index is 2.00. The standard InChI is InChI=1S/C12H16N4O2/c17-6-10(18)9-2-1-5-16(9)12-8-3-4-13-11(8)14-7-15-12/h3-4,7,9-10,17-18H,1-2,5-6H2,(H,13,14,15)/t9-,10+/m1/s1. The van der Waals surface area contributed by atoms with Crippen LogP contribution in [0.1, 0.15) is 12.8 Å². The van der Waals surface area contributed by atoms with Crippen LogP contribution in [-0.4, -0.2) is 50.5 Å². The van der Waals surface area contributed by atoms with Crippen molar-refractivity contribution >= 4 is 16.9 Å². The van der Waals surface area contributed by atoms with Gasteiger partial charge in [-0.05, 0) is 18.9 Å². The van der Waals surface area contributed by atoms with E-state index in [0.29, 0.717) is 0 Å².